The van der Waals surface area contributed by atoms with Gasteiger partial charge in [0.1, 0.15) is 0 Å². The maximum atomic E-state index is 12.7. The van der Waals surface area contributed by atoms with Gasteiger partial charge in [0.15, 0.2) is 0 Å². The molecule has 3 rings (SSSR count). The summed E-state index contributed by atoms with van der Waals surface area (Å²) in [7, 11) is -3.66. The zero-order chi connectivity index (χ0) is 22.4. The number of benzene rings is 3. The van der Waals surface area contributed by atoms with Gasteiger partial charge in [-0.15, -0.1) is 0 Å². The van der Waals surface area contributed by atoms with Crippen molar-refractivity contribution >= 4 is 44.8 Å². The summed E-state index contributed by atoms with van der Waals surface area (Å²) >= 11 is 12.0. The molecule has 31 heavy (non-hydrogen) atoms. The first-order valence-electron chi connectivity index (χ1n) is 9.66. The Hall–Kier alpha value is -2.38. The number of anilines is 1. The fourth-order valence-corrected chi connectivity index (χ4v) is 4.60. The van der Waals surface area contributed by atoms with Gasteiger partial charge < -0.3 is 5.32 Å². The van der Waals surface area contributed by atoms with Crippen LogP contribution in [0.5, 0.6) is 0 Å². The number of hydrogen-bond donors (Lipinski definition) is 2. The van der Waals surface area contributed by atoms with E-state index in [0.29, 0.717) is 22.2 Å². The van der Waals surface area contributed by atoms with Crippen molar-refractivity contribution in [1.82, 2.24) is 4.72 Å². The predicted octanol–water partition coefficient (Wildman–Crippen LogP) is 5.60. The van der Waals surface area contributed by atoms with Gasteiger partial charge in [0.2, 0.25) is 15.9 Å². The highest BCUT2D eigenvalue weighted by atomic mass is 35.5. The summed E-state index contributed by atoms with van der Waals surface area (Å²) in [5.74, 6) is -0.209. The fraction of sp³-hybridized carbons (Fsp3) is 0.174. The van der Waals surface area contributed by atoms with Crippen LogP contribution in [0, 0.1) is 0 Å². The zero-order valence-corrected chi connectivity index (χ0v) is 19.1. The lowest BCUT2D eigenvalue weighted by molar-refractivity contribution is -0.116. The van der Waals surface area contributed by atoms with Crippen molar-refractivity contribution in [1.29, 1.82) is 0 Å². The van der Waals surface area contributed by atoms with Crippen LogP contribution < -0.4 is 10.0 Å². The van der Waals surface area contributed by atoms with E-state index < -0.39 is 10.0 Å². The number of amides is 1. The molecule has 0 spiro atoms. The summed E-state index contributed by atoms with van der Waals surface area (Å²) in [6.45, 7) is 1.80. The molecule has 0 radical (unpaired) electrons. The molecule has 0 aliphatic heterocycles. The Balaban J connectivity index is 1.58. The van der Waals surface area contributed by atoms with E-state index in [1.54, 1.807) is 49.4 Å². The van der Waals surface area contributed by atoms with Gasteiger partial charge >= 0.3 is 0 Å². The Bertz CT molecular complexity index is 1150. The Morgan fingerprint density at radius 2 is 1.61 bits per heavy atom. The van der Waals surface area contributed by atoms with E-state index in [2.05, 4.69) is 10.0 Å². The van der Waals surface area contributed by atoms with Crippen molar-refractivity contribution in [3.8, 4) is 0 Å². The van der Waals surface area contributed by atoms with Crippen LogP contribution in [0.2, 0.25) is 10.0 Å². The Kier molecular flexibility index (Phi) is 7.73. The van der Waals surface area contributed by atoms with Crippen LogP contribution in [0.1, 0.15) is 30.5 Å². The average Bonchev–Trinajstić information content (AvgIpc) is 2.76. The molecule has 0 heterocycles. The first-order chi connectivity index (χ1) is 14.8. The predicted molar refractivity (Wildman–Crippen MR) is 125 cm³/mol. The molecule has 0 aliphatic carbocycles. The number of hydrogen-bond acceptors (Lipinski definition) is 3. The third kappa shape index (κ3) is 6.31. The normalized spacial score (nSPS) is 12.4. The smallest absolute Gasteiger partial charge is 0.241 e. The van der Waals surface area contributed by atoms with E-state index >= 15 is 0 Å². The van der Waals surface area contributed by atoms with Crippen molar-refractivity contribution in [2.75, 3.05) is 5.32 Å². The highest BCUT2D eigenvalue weighted by Gasteiger charge is 2.18. The summed E-state index contributed by atoms with van der Waals surface area (Å²) in [4.78, 5) is 12.4. The number of sulfonamides is 1. The highest BCUT2D eigenvalue weighted by molar-refractivity contribution is 7.89. The molecule has 1 atom stereocenters. The molecule has 162 valence electrons. The zero-order valence-electron chi connectivity index (χ0n) is 16.8. The van der Waals surface area contributed by atoms with Crippen LogP contribution >= 0.6 is 23.2 Å². The van der Waals surface area contributed by atoms with Gasteiger partial charge in [-0.1, -0.05) is 71.7 Å². The lowest BCUT2D eigenvalue weighted by atomic mass is 10.1. The number of carbonyl (C=O) groups excluding carboxylic acids is 1. The number of nitrogens with one attached hydrogen (secondary N) is 2. The summed E-state index contributed by atoms with van der Waals surface area (Å²) in [5.41, 5.74) is 2.19. The Labute approximate surface area is 192 Å². The second kappa shape index (κ2) is 10.3. The first-order valence-corrected chi connectivity index (χ1v) is 11.9. The van der Waals surface area contributed by atoms with Crippen LogP contribution in [-0.2, 0) is 21.2 Å². The van der Waals surface area contributed by atoms with Crippen molar-refractivity contribution in [3.05, 3.63) is 94.0 Å². The van der Waals surface area contributed by atoms with Gasteiger partial charge in [0.25, 0.3) is 0 Å². The molecule has 0 saturated heterocycles. The van der Waals surface area contributed by atoms with Gasteiger partial charge in [0.05, 0.1) is 20.6 Å². The maximum Gasteiger partial charge on any atom is 0.241 e. The second-order valence-electron chi connectivity index (χ2n) is 7.05. The lowest BCUT2D eigenvalue weighted by Crippen LogP contribution is -2.26. The lowest BCUT2D eigenvalue weighted by Gasteiger charge is -2.15. The van der Waals surface area contributed by atoms with Crippen LogP contribution in [0.25, 0.3) is 0 Å². The van der Waals surface area contributed by atoms with Crippen LogP contribution in [0.15, 0.2) is 77.7 Å². The Morgan fingerprint density at radius 1 is 0.935 bits per heavy atom. The van der Waals surface area contributed by atoms with Crippen LogP contribution in [-0.4, -0.2) is 14.3 Å². The minimum absolute atomic E-state index is 0.175. The molecule has 5 nitrogen and oxygen atoms in total. The van der Waals surface area contributed by atoms with E-state index in [0.717, 1.165) is 11.1 Å². The number of aryl methyl sites for hydroxylation is 1. The molecule has 0 aromatic heterocycles. The van der Waals surface area contributed by atoms with E-state index in [1.165, 1.54) is 0 Å². The number of carbonyl (C=O) groups is 1. The van der Waals surface area contributed by atoms with E-state index in [9.17, 15) is 13.2 Å². The van der Waals surface area contributed by atoms with Gasteiger partial charge in [-0.25, -0.2) is 13.1 Å². The van der Waals surface area contributed by atoms with Crippen molar-refractivity contribution in [3.63, 3.8) is 0 Å². The molecule has 8 heteroatoms. The van der Waals surface area contributed by atoms with Gasteiger partial charge in [-0.05, 0) is 48.7 Å². The standard InChI is InChI=1S/C23H22Cl2N2O3S/c1-16(18-6-3-2-4-7-18)27-31(29,30)19-13-10-17(11-14-19)12-15-22(28)26-21-9-5-8-20(24)23(21)25/h2-11,13-14,16,27H,12,15H2,1H3,(H,26,28)/t16-/m0/s1. The molecule has 3 aromatic carbocycles. The molecule has 0 bridgehead atoms. The first kappa shape index (κ1) is 23.3. The SMILES string of the molecule is C[C@H](NS(=O)(=O)c1ccc(CCC(=O)Nc2cccc(Cl)c2Cl)cc1)c1ccccc1. The molecule has 0 fully saturated rings. The minimum Gasteiger partial charge on any atom is -0.325 e. The third-order valence-corrected chi connectivity index (χ3v) is 7.11. The molecule has 3 aromatic rings. The number of rotatable bonds is 8. The maximum absolute atomic E-state index is 12.7. The summed E-state index contributed by atoms with van der Waals surface area (Å²) < 4.78 is 28.0. The van der Waals surface area contributed by atoms with Crippen LogP contribution in [0.4, 0.5) is 5.69 Å². The molecule has 0 saturated carbocycles. The minimum atomic E-state index is -3.66. The third-order valence-electron chi connectivity index (χ3n) is 4.73. The summed E-state index contributed by atoms with van der Waals surface area (Å²) in [6.07, 6.45) is 0.677. The molecular weight excluding hydrogens is 455 g/mol. The molecule has 0 unspecified atom stereocenters. The van der Waals surface area contributed by atoms with Gasteiger partial charge in [-0.2, -0.15) is 0 Å². The highest BCUT2D eigenvalue weighted by Crippen LogP contribution is 2.29. The molecule has 0 aliphatic rings. The quantitative estimate of drug-likeness (QED) is 0.443. The monoisotopic (exact) mass is 476 g/mol. The van der Waals surface area contributed by atoms with Crippen molar-refractivity contribution in [2.45, 2.75) is 30.7 Å². The molecule has 1 amide bonds. The molecular formula is C23H22Cl2N2O3S. The fourth-order valence-electron chi connectivity index (χ4n) is 3.02. The molecule has 2 N–H and O–H groups in total. The largest absolute Gasteiger partial charge is 0.325 e. The van der Waals surface area contributed by atoms with Crippen molar-refractivity contribution in [2.24, 2.45) is 0 Å². The van der Waals surface area contributed by atoms with Gasteiger partial charge in [-0.3, -0.25) is 4.79 Å². The Morgan fingerprint density at radius 3 is 2.29 bits per heavy atom. The number of halogens is 2. The average molecular weight is 477 g/mol. The van der Waals surface area contributed by atoms with Crippen LogP contribution in [0.3, 0.4) is 0 Å². The topological polar surface area (TPSA) is 75.3 Å². The van der Waals surface area contributed by atoms with Gasteiger partial charge in [0, 0.05) is 12.5 Å². The summed E-state index contributed by atoms with van der Waals surface area (Å²) in [5, 5.41) is 3.40. The summed E-state index contributed by atoms with van der Waals surface area (Å²) in [6, 6.07) is 20.5. The van der Waals surface area contributed by atoms with E-state index in [1.807, 2.05) is 30.3 Å². The van der Waals surface area contributed by atoms with E-state index in [4.69, 9.17) is 23.2 Å². The second-order valence-corrected chi connectivity index (χ2v) is 9.55. The van der Waals surface area contributed by atoms with Crippen molar-refractivity contribution < 1.29 is 13.2 Å². The van der Waals surface area contributed by atoms with E-state index in [-0.39, 0.29) is 23.3 Å².